The van der Waals surface area contributed by atoms with Crippen LogP contribution < -0.4 is 5.73 Å². The Labute approximate surface area is 93.5 Å². The average molecular weight is 232 g/mol. The van der Waals surface area contributed by atoms with E-state index in [0.717, 1.165) is 0 Å². The third kappa shape index (κ3) is 6.10. The van der Waals surface area contributed by atoms with Crippen molar-refractivity contribution in [2.24, 2.45) is 10.9 Å². The second kappa shape index (κ2) is 8.81. The van der Waals surface area contributed by atoms with Crippen molar-refractivity contribution in [3.63, 3.8) is 0 Å². The molecule has 0 aromatic rings. The Hall–Kier alpha value is -1.47. The monoisotopic (exact) mass is 232 g/mol. The highest BCUT2D eigenvalue weighted by Gasteiger charge is 2.17. The first-order valence-electron chi connectivity index (χ1n) is 4.72. The molecule has 0 saturated carbocycles. The molecule has 0 spiro atoms. The van der Waals surface area contributed by atoms with Crippen LogP contribution in [0.1, 0.15) is 13.3 Å². The standard InChI is InChI=1S/C9H16N2O5/c1-3-16-9(13)8(11-14-2)4-7(12)5-15-6-10/h3-6,10H2,1-2H3/b11-8-. The number of hydrogen-bond donors (Lipinski definition) is 1. The molecule has 0 aliphatic rings. The Morgan fingerprint density at radius 3 is 2.56 bits per heavy atom. The van der Waals surface area contributed by atoms with Crippen molar-refractivity contribution in [3.8, 4) is 0 Å². The second-order valence-electron chi connectivity index (χ2n) is 2.67. The van der Waals surface area contributed by atoms with Crippen molar-refractivity contribution in [3.05, 3.63) is 0 Å². The molecule has 16 heavy (non-hydrogen) atoms. The van der Waals surface area contributed by atoms with E-state index in [1.165, 1.54) is 7.11 Å². The molecule has 0 amide bonds. The topological polar surface area (TPSA) is 100 Å². The highest BCUT2D eigenvalue weighted by atomic mass is 16.6. The van der Waals surface area contributed by atoms with E-state index >= 15 is 0 Å². The van der Waals surface area contributed by atoms with Gasteiger partial charge in [-0.1, -0.05) is 5.16 Å². The van der Waals surface area contributed by atoms with Crippen LogP contribution in [0, 0.1) is 0 Å². The molecule has 0 aliphatic heterocycles. The van der Waals surface area contributed by atoms with Gasteiger partial charge in [0.05, 0.1) is 19.8 Å². The molecule has 0 saturated heterocycles. The first-order chi connectivity index (χ1) is 7.65. The third-order valence-corrected chi connectivity index (χ3v) is 1.46. The van der Waals surface area contributed by atoms with Gasteiger partial charge in [0.15, 0.2) is 11.5 Å². The molecule has 0 aromatic carbocycles. The lowest BCUT2D eigenvalue weighted by Crippen LogP contribution is -2.24. The minimum atomic E-state index is -0.676. The van der Waals surface area contributed by atoms with E-state index in [4.69, 9.17) is 15.2 Å². The molecule has 0 fully saturated rings. The minimum Gasteiger partial charge on any atom is -0.461 e. The van der Waals surface area contributed by atoms with E-state index in [-0.39, 0.29) is 37.9 Å². The summed E-state index contributed by atoms with van der Waals surface area (Å²) < 4.78 is 9.39. The summed E-state index contributed by atoms with van der Waals surface area (Å²) in [7, 11) is 1.28. The molecule has 0 rings (SSSR count). The Balaban J connectivity index is 4.28. The lowest BCUT2D eigenvalue weighted by molar-refractivity contribution is -0.136. The van der Waals surface area contributed by atoms with Gasteiger partial charge in [0.25, 0.3) is 0 Å². The molecule has 0 unspecified atom stereocenters. The number of nitrogens with two attached hydrogens (primary N) is 1. The maximum absolute atomic E-state index is 11.3. The zero-order valence-electron chi connectivity index (χ0n) is 9.39. The summed E-state index contributed by atoms with van der Waals surface area (Å²) in [6, 6.07) is 0. The van der Waals surface area contributed by atoms with Gasteiger partial charge in [-0.05, 0) is 6.92 Å². The summed E-state index contributed by atoms with van der Waals surface area (Å²) in [4.78, 5) is 27.0. The maximum Gasteiger partial charge on any atom is 0.356 e. The van der Waals surface area contributed by atoms with Crippen LogP contribution in [0.2, 0.25) is 0 Å². The lowest BCUT2D eigenvalue weighted by atomic mass is 10.2. The molecule has 0 heterocycles. The summed E-state index contributed by atoms with van der Waals surface area (Å²) in [5, 5.41) is 3.43. The van der Waals surface area contributed by atoms with Crippen LogP contribution in [-0.4, -0.2) is 44.5 Å². The van der Waals surface area contributed by atoms with E-state index in [1.54, 1.807) is 6.92 Å². The molecule has 2 N–H and O–H groups in total. The van der Waals surface area contributed by atoms with E-state index in [1.807, 2.05) is 0 Å². The predicted molar refractivity (Wildman–Crippen MR) is 55.7 cm³/mol. The van der Waals surface area contributed by atoms with Gasteiger partial charge in [-0.2, -0.15) is 0 Å². The van der Waals surface area contributed by atoms with Crippen LogP contribution in [0.15, 0.2) is 5.16 Å². The molecule has 7 heteroatoms. The normalized spacial score (nSPS) is 11.1. The molecule has 0 atom stereocenters. The van der Waals surface area contributed by atoms with E-state index in [0.29, 0.717) is 0 Å². The fourth-order valence-electron chi connectivity index (χ4n) is 0.877. The number of carbonyl (C=O) groups is 2. The second-order valence-corrected chi connectivity index (χ2v) is 2.67. The van der Waals surface area contributed by atoms with Crippen LogP contribution >= 0.6 is 0 Å². The van der Waals surface area contributed by atoms with Gasteiger partial charge in [-0.15, -0.1) is 0 Å². The van der Waals surface area contributed by atoms with E-state index < -0.39 is 5.97 Å². The molecule has 0 bridgehead atoms. The number of hydrogen-bond acceptors (Lipinski definition) is 7. The Kier molecular flexibility index (Phi) is 8.00. The van der Waals surface area contributed by atoms with Gasteiger partial charge >= 0.3 is 5.97 Å². The molecule has 92 valence electrons. The minimum absolute atomic E-state index is 0.0537. The fraction of sp³-hybridized carbons (Fsp3) is 0.667. The maximum atomic E-state index is 11.3. The molecule has 0 radical (unpaired) electrons. The number of ketones is 1. The molecule has 0 aliphatic carbocycles. The highest BCUT2D eigenvalue weighted by Crippen LogP contribution is 1.95. The third-order valence-electron chi connectivity index (χ3n) is 1.46. The number of ether oxygens (including phenoxy) is 2. The van der Waals surface area contributed by atoms with Gasteiger partial charge in [0.1, 0.15) is 13.7 Å². The zero-order valence-corrected chi connectivity index (χ0v) is 9.39. The first kappa shape index (κ1) is 14.5. The number of oxime groups is 1. The van der Waals surface area contributed by atoms with E-state index in [9.17, 15) is 9.59 Å². The molecule has 0 aromatic heterocycles. The molecule has 7 nitrogen and oxygen atoms in total. The quantitative estimate of drug-likeness (QED) is 0.261. The summed E-state index contributed by atoms with van der Waals surface area (Å²) in [6.45, 7) is 1.64. The summed E-state index contributed by atoms with van der Waals surface area (Å²) in [5.74, 6) is -1.00. The summed E-state index contributed by atoms with van der Waals surface area (Å²) in [6.07, 6.45) is -0.202. The number of Topliss-reactive ketones (excluding diaryl/α,β-unsaturated/α-hetero) is 1. The summed E-state index contributed by atoms with van der Waals surface area (Å²) in [5.41, 5.74) is 4.96. The van der Waals surface area contributed by atoms with Crippen LogP contribution in [0.25, 0.3) is 0 Å². The van der Waals surface area contributed by atoms with Gasteiger partial charge in [0, 0.05) is 0 Å². The number of esters is 1. The van der Waals surface area contributed by atoms with Gasteiger partial charge in [0.2, 0.25) is 0 Å². The lowest BCUT2D eigenvalue weighted by Gasteiger charge is -2.04. The largest absolute Gasteiger partial charge is 0.461 e. The zero-order chi connectivity index (χ0) is 12.4. The van der Waals surface area contributed by atoms with E-state index in [2.05, 4.69) is 9.99 Å². The number of rotatable bonds is 8. The van der Waals surface area contributed by atoms with Gasteiger partial charge in [-0.3, -0.25) is 4.79 Å². The van der Waals surface area contributed by atoms with Crippen molar-refractivity contribution < 1.29 is 23.9 Å². The molecular formula is C9H16N2O5. The highest BCUT2D eigenvalue weighted by molar-refractivity contribution is 6.39. The van der Waals surface area contributed by atoms with Gasteiger partial charge < -0.3 is 20.0 Å². The molecular weight excluding hydrogens is 216 g/mol. The first-order valence-corrected chi connectivity index (χ1v) is 4.72. The van der Waals surface area contributed by atoms with Crippen molar-refractivity contribution in [1.29, 1.82) is 0 Å². The Morgan fingerprint density at radius 2 is 2.06 bits per heavy atom. The van der Waals surface area contributed by atoms with Crippen LogP contribution in [0.3, 0.4) is 0 Å². The van der Waals surface area contributed by atoms with Crippen molar-refractivity contribution in [2.45, 2.75) is 13.3 Å². The number of nitrogens with zero attached hydrogens (tertiary/aromatic N) is 1. The van der Waals surface area contributed by atoms with Gasteiger partial charge in [-0.25, -0.2) is 4.79 Å². The van der Waals surface area contributed by atoms with Crippen LogP contribution in [-0.2, 0) is 23.9 Å². The van der Waals surface area contributed by atoms with Crippen molar-refractivity contribution in [2.75, 3.05) is 27.1 Å². The Morgan fingerprint density at radius 1 is 1.38 bits per heavy atom. The van der Waals surface area contributed by atoms with Crippen LogP contribution in [0.4, 0.5) is 0 Å². The number of carbonyl (C=O) groups excluding carboxylic acids is 2. The summed E-state index contributed by atoms with van der Waals surface area (Å²) >= 11 is 0. The SMILES string of the molecule is CCOC(=O)/C(CC(=O)COCN)=N\OC. The Bertz CT molecular complexity index is 265. The predicted octanol–water partition coefficient (Wildman–Crippen LogP) is -0.556. The fourth-order valence-corrected chi connectivity index (χ4v) is 0.877. The van der Waals surface area contributed by atoms with Crippen LogP contribution in [0.5, 0.6) is 0 Å². The van der Waals surface area contributed by atoms with Crippen molar-refractivity contribution >= 4 is 17.5 Å². The average Bonchev–Trinajstić information content (AvgIpc) is 2.26. The smallest absolute Gasteiger partial charge is 0.356 e. The van der Waals surface area contributed by atoms with Crippen molar-refractivity contribution in [1.82, 2.24) is 0 Å².